The highest BCUT2D eigenvalue weighted by molar-refractivity contribution is 5.93. The van der Waals surface area contributed by atoms with Crippen LogP contribution in [-0.2, 0) is 19.4 Å². The van der Waals surface area contributed by atoms with Gasteiger partial charge in [-0.3, -0.25) is 9.48 Å². The van der Waals surface area contributed by atoms with Gasteiger partial charge in [0.15, 0.2) is 5.69 Å². The molecule has 30 heavy (non-hydrogen) atoms. The molecule has 0 spiro atoms. The number of carbonyl (C=O) groups excluding carboxylic acids is 1. The summed E-state index contributed by atoms with van der Waals surface area (Å²) in [5, 5.41) is 8.12. The molecule has 2 N–H and O–H groups in total. The molecule has 0 atom stereocenters. The van der Waals surface area contributed by atoms with Crippen molar-refractivity contribution in [2.45, 2.75) is 45.8 Å². The quantitative estimate of drug-likeness (QED) is 0.694. The Labute approximate surface area is 170 Å². The highest BCUT2D eigenvalue weighted by atomic mass is 19.4. The van der Waals surface area contributed by atoms with Gasteiger partial charge in [-0.1, -0.05) is 31.1 Å². The van der Waals surface area contributed by atoms with Crippen LogP contribution >= 0.6 is 0 Å². The van der Waals surface area contributed by atoms with Gasteiger partial charge in [-0.05, 0) is 36.8 Å². The summed E-state index contributed by atoms with van der Waals surface area (Å²) in [7, 11) is 0. The molecular weight excluding hydrogens is 399 g/mol. The fourth-order valence-corrected chi connectivity index (χ4v) is 3.69. The minimum Gasteiger partial charge on any atom is -0.366 e. The van der Waals surface area contributed by atoms with Crippen molar-refractivity contribution in [2.75, 3.05) is 0 Å². The van der Waals surface area contributed by atoms with Gasteiger partial charge in [0.25, 0.3) is 5.89 Å². The maximum Gasteiger partial charge on any atom is 0.408 e. The third-order valence-corrected chi connectivity index (χ3v) is 5.25. The summed E-state index contributed by atoms with van der Waals surface area (Å²) in [5.41, 5.74) is 7.61. The predicted octanol–water partition coefficient (Wildman–Crippen LogP) is 3.78. The lowest BCUT2D eigenvalue weighted by Crippen LogP contribution is -2.27. The van der Waals surface area contributed by atoms with E-state index in [0.717, 1.165) is 16.7 Å². The largest absolute Gasteiger partial charge is 0.408 e. The Bertz CT molecular complexity index is 1100. The first-order valence-corrected chi connectivity index (χ1v) is 9.42. The Balaban J connectivity index is 1.72. The third-order valence-electron chi connectivity index (χ3n) is 5.25. The number of halogens is 3. The SMILES string of the molecule is CC1(C)CCc2c(-c3nc(-c4ccc(C(N)=O)cc4)no3)nn(CC(F)(F)F)c2C1. The van der Waals surface area contributed by atoms with Crippen LogP contribution in [-0.4, -0.2) is 32.0 Å². The standard InChI is InChI=1S/C20H20F3N5O2/c1-19(2)8-7-13-14(9-19)28(10-20(21,22)23)26-15(13)18-25-17(27-30-18)12-5-3-11(4-6-12)16(24)29/h3-6H,7-10H2,1-2H3,(H2,24,29). The average Bonchev–Trinajstić information content (AvgIpc) is 3.25. The van der Waals surface area contributed by atoms with Gasteiger partial charge in [0.2, 0.25) is 11.7 Å². The molecule has 2 aromatic heterocycles. The van der Waals surface area contributed by atoms with Crippen molar-refractivity contribution in [1.82, 2.24) is 19.9 Å². The minimum atomic E-state index is -4.39. The number of nitrogens with two attached hydrogens (primary N) is 1. The molecule has 4 rings (SSSR count). The van der Waals surface area contributed by atoms with Gasteiger partial charge >= 0.3 is 6.18 Å². The molecule has 0 saturated heterocycles. The molecule has 7 nitrogen and oxygen atoms in total. The van der Waals surface area contributed by atoms with Gasteiger partial charge in [0.05, 0.1) is 0 Å². The predicted molar refractivity (Wildman–Crippen MR) is 101 cm³/mol. The molecule has 3 aromatic rings. The first kappa shape index (κ1) is 20.1. The zero-order valence-electron chi connectivity index (χ0n) is 16.5. The second kappa shape index (κ2) is 6.96. The molecule has 1 aromatic carbocycles. The van der Waals surface area contributed by atoms with Crippen LogP contribution in [0.5, 0.6) is 0 Å². The molecule has 0 unspecified atom stereocenters. The van der Waals surface area contributed by atoms with Crippen molar-refractivity contribution in [3.8, 4) is 23.0 Å². The Morgan fingerprint density at radius 1 is 1.27 bits per heavy atom. The topological polar surface area (TPSA) is 99.8 Å². The molecule has 158 valence electrons. The Morgan fingerprint density at radius 2 is 1.97 bits per heavy atom. The zero-order valence-corrected chi connectivity index (χ0v) is 16.5. The van der Waals surface area contributed by atoms with E-state index in [1.54, 1.807) is 12.1 Å². The van der Waals surface area contributed by atoms with Gasteiger partial charge in [-0.15, -0.1) is 0 Å². The van der Waals surface area contributed by atoms with Crippen molar-refractivity contribution in [1.29, 1.82) is 0 Å². The van der Waals surface area contributed by atoms with Crippen LogP contribution < -0.4 is 5.73 Å². The number of hydrogen-bond donors (Lipinski definition) is 1. The van der Waals surface area contributed by atoms with E-state index in [-0.39, 0.29) is 22.8 Å². The van der Waals surface area contributed by atoms with Crippen molar-refractivity contribution in [2.24, 2.45) is 11.1 Å². The van der Waals surface area contributed by atoms with Crippen molar-refractivity contribution in [3.63, 3.8) is 0 Å². The van der Waals surface area contributed by atoms with Crippen LogP contribution in [0.4, 0.5) is 13.2 Å². The molecule has 10 heteroatoms. The summed E-state index contributed by atoms with van der Waals surface area (Å²) < 4.78 is 45.6. The number of amides is 1. The molecule has 0 aliphatic heterocycles. The number of primary amides is 1. The lowest BCUT2D eigenvalue weighted by Gasteiger charge is -2.30. The summed E-state index contributed by atoms with van der Waals surface area (Å²) >= 11 is 0. The number of aromatic nitrogens is 4. The number of carbonyl (C=O) groups is 1. The number of rotatable bonds is 4. The maximum absolute atomic E-state index is 13.1. The molecule has 1 aliphatic carbocycles. The van der Waals surface area contributed by atoms with Crippen molar-refractivity contribution >= 4 is 5.91 Å². The molecule has 0 fully saturated rings. The van der Waals surface area contributed by atoms with Crippen LogP contribution in [0.2, 0.25) is 0 Å². The lowest BCUT2D eigenvalue weighted by atomic mass is 9.76. The van der Waals surface area contributed by atoms with E-state index in [2.05, 4.69) is 15.2 Å². The summed E-state index contributed by atoms with van der Waals surface area (Å²) in [6, 6.07) is 6.31. The number of nitrogens with zero attached hydrogens (tertiary/aromatic N) is 4. The molecule has 0 radical (unpaired) electrons. The van der Waals surface area contributed by atoms with Crippen molar-refractivity contribution in [3.05, 3.63) is 41.1 Å². The number of benzene rings is 1. The van der Waals surface area contributed by atoms with E-state index in [1.165, 1.54) is 12.1 Å². The zero-order chi connectivity index (χ0) is 21.7. The fraction of sp³-hybridized carbons (Fsp3) is 0.400. The highest BCUT2D eigenvalue weighted by Crippen LogP contribution is 2.39. The molecule has 2 heterocycles. The summed E-state index contributed by atoms with van der Waals surface area (Å²) in [5.74, 6) is -0.239. The van der Waals surface area contributed by atoms with Gasteiger partial charge in [-0.25, -0.2) is 0 Å². The van der Waals surface area contributed by atoms with E-state index in [1.807, 2.05) is 13.8 Å². The smallest absolute Gasteiger partial charge is 0.366 e. The van der Waals surface area contributed by atoms with Gasteiger partial charge < -0.3 is 10.3 Å². The second-order valence-electron chi connectivity index (χ2n) is 8.25. The van der Waals surface area contributed by atoms with E-state index >= 15 is 0 Å². The summed E-state index contributed by atoms with van der Waals surface area (Å²) in [4.78, 5) is 15.5. The van der Waals surface area contributed by atoms with E-state index < -0.39 is 18.6 Å². The van der Waals surface area contributed by atoms with E-state index in [4.69, 9.17) is 10.3 Å². The number of fused-ring (bicyclic) bond motifs is 1. The molecular formula is C20H20F3N5O2. The molecule has 1 amide bonds. The van der Waals surface area contributed by atoms with Crippen LogP contribution in [0.15, 0.2) is 28.8 Å². The van der Waals surface area contributed by atoms with Crippen LogP contribution in [0.3, 0.4) is 0 Å². The average molecular weight is 419 g/mol. The van der Waals surface area contributed by atoms with Gasteiger partial charge in [0, 0.05) is 22.4 Å². The molecule has 0 bridgehead atoms. The van der Waals surface area contributed by atoms with Crippen LogP contribution in [0.25, 0.3) is 23.0 Å². The second-order valence-corrected chi connectivity index (χ2v) is 8.25. The first-order valence-electron chi connectivity index (χ1n) is 9.42. The monoisotopic (exact) mass is 419 g/mol. The van der Waals surface area contributed by atoms with Gasteiger partial charge in [0.1, 0.15) is 6.54 Å². The molecule has 0 saturated carbocycles. The molecule has 1 aliphatic rings. The lowest BCUT2D eigenvalue weighted by molar-refractivity contribution is -0.143. The van der Waals surface area contributed by atoms with E-state index in [0.29, 0.717) is 29.7 Å². The Hall–Kier alpha value is -3.17. The number of hydrogen-bond acceptors (Lipinski definition) is 5. The van der Waals surface area contributed by atoms with E-state index in [9.17, 15) is 18.0 Å². The minimum absolute atomic E-state index is 0.0702. The maximum atomic E-state index is 13.1. The highest BCUT2D eigenvalue weighted by Gasteiger charge is 2.36. The Morgan fingerprint density at radius 3 is 2.60 bits per heavy atom. The van der Waals surface area contributed by atoms with Gasteiger partial charge in [-0.2, -0.15) is 23.3 Å². The van der Waals surface area contributed by atoms with Crippen LogP contribution in [0, 0.1) is 5.41 Å². The first-order chi connectivity index (χ1) is 14.0. The fourth-order valence-electron chi connectivity index (χ4n) is 3.69. The summed E-state index contributed by atoms with van der Waals surface area (Å²) in [6.07, 6.45) is -2.50. The number of alkyl halides is 3. The van der Waals surface area contributed by atoms with Crippen molar-refractivity contribution < 1.29 is 22.5 Å². The summed E-state index contributed by atoms with van der Waals surface area (Å²) in [6.45, 7) is 2.89. The van der Waals surface area contributed by atoms with Crippen LogP contribution in [0.1, 0.15) is 41.9 Å². The third kappa shape index (κ3) is 3.94. The normalized spacial score (nSPS) is 15.8. The Kier molecular flexibility index (Phi) is 4.67.